The molecule has 25 heavy (non-hydrogen) atoms. The van der Waals surface area contributed by atoms with Crippen LogP contribution in [0.15, 0.2) is 18.2 Å². The molecule has 0 radical (unpaired) electrons. The van der Waals surface area contributed by atoms with Crippen LogP contribution in [-0.4, -0.2) is 29.8 Å². The summed E-state index contributed by atoms with van der Waals surface area (Å²) in [6, 6.07) is 3.83. The molecule has 0 saturated carbocycles. The van der Waals surface area contributed by atoms with E-state index < -0.39 is 17.6 Å². The zero-order chi connectivity index (χ0) is 18.9. The molecule has 0 aliphatic carbocycles. The molecule has 0 aliphatic rings. The second-order valence-electron chi connectivity index (χ2n) is 6.12. The molecule has 0 aliphatic heterocycles. The highest BCUT2D eigenvalue weighted by Gasteiger charge is 2.34. The van der Waals surface area contributed by atoms with Gasteiger partial charge in [0.25, 0.3) is 0 Å². The molecule has 0 atom stereocenters. The second-order valence-corrected chi connectivity index (χ2v) is 6.12. The smallest absolute Gasteiger partial charge is 0.378 e. The Morgan fingerprint density at radius 3 is 2.40 bits per heavy atom. The number of alkyl halides is 3. The van der Waals surface area contributed by atoms with Gasteiger partial charge in [-0.15, -0.1) is 0 Å². The summed E-state index contributed by atoms with van der Waals surface area (Å²) < 4.78 is 41.6. The van der Waals surface area contributed by atoms with Gasteiger partial charge >= 0.3 is 6.18 Å². The van der Waals surface area contributed by atoms with E-state index in [4.69, 9.17) is 0 Å². The van der Waals surface area contributed by atoms with E-state index in [-0.39, 0.29) is 12.1 Å². The van der Waals surface area contributed by atoms with E-state index in [0.29, 0.717) is 11.4 Å². The summed E-state index contributed by atoms with van der Waals surface area (Å²) in [5.74, 6) is -0.512. The first-order chi connectivity index (χ1) is 11.5. The number of amides is 1. The average Bonchev–Trinajstić information content (AvgIpc) is 2.72. The number of halogens is 3. The number of carbonyl (C=O) groups excluding carboxylic acids is 1. The Hall–Kier alpha value is -2.51. The second kappa shape index (κ2) is 6.78. The molecule has 0 fully saturated rings. The van der Waals surface area contributed by atoms with E-state index in [0.717, 1.165) is 17.3 Å². The van der Waals surface area contributed by atoms with E-state index in [1.54, 1.807) is 37.6 Å². The van der Waals surface area contributed by atoms with Crippen LogP contribution in [0.1, 0.15) is 22.5 Å². The van der Waals surface area contributed by atoms with Crippen molar-refractivity contribution >= 4 is 17.3 Å². The highest BCUT2D eigenvalue weighted by atomic mass is 19.4. The first-order valence-corrected chi connectivity index (χ1v) is 7.68. The topological polar surface area (TPSA) is 50.2 Å². The molecule has 1 amide bonds. The van der Waals surface area contributed by atoms with Crippen molar-refractivity contribution in [3.05, 3.63) is 40.7 Å². The number of anilines is 2. The van der Waals surface area contributed by atoms with Gasteiger partial charge in [0.05, 0.1) is 23.4 Å². The number of hydrogen-bond acceptors (Lipinski definition) is 3. The van der Waals surface area contributed by atoms with E-state index in [1.807, 2.05) is 6.92 Å². The van der Waals surface area contributed by atoms with Gasteiger partial charge in [-0.2, -0.15) is 18.3 Å². The number of nitrogens with zero attached hydrogens (tertiary/aromatic N) is 3. The first-order valence-electron chi connectivity index (χ1n) is 7.68. The number of benzene rings is 1. The van der Waals surface area contributed by atoms with E-state index in [2.05, 4.69) is 10.4 Å². The molecule has 0 saturated heterocycles. The molecule has 5 nitrogen and oxygen atoms in total. The molecule has 1 heterocycles. The van der Waals surface area contributed by atoms with Gasteiger partial charge in [-0.25, -0.2) is 0 Å². The maximum absolute atomic E-state index is 13.3. The van der Waals surface area contributed by atoms with Gasteiger partial charge < -0.3 is 10.2 Å². The number of rotatable bonds is 4. The Kier molecular flexibility index (Phi) is 5.10. The highest BCUT2D eigenvalue weighted by Crippen LogP contribution is 2.37. The summed E-state index contributed by atoms with van der Waals surface area (Å²) in [5.41, 5.74) is 1.51. The molecular weight excluding hydrogens is 333 g/mol. The lowest BCUT2D eigenvalue weighted by molar-refractivity contribution is -0.136. The van der Waals surface area contributed by atoms with Gasteiger partial charge in [-0.3, -0.25) is 9.48 Å². The summed E-state index contributed by atoms with van der Waals surface area (Å²) in [4.78, 5) is 13.8. The van der Waals surface area contributed by atoms with Crippen molar-refractivity contribution in [2.24, 2.45) is 7.05 Å². The fourth-order valence-electron chi connectivity index (χ4n) is 2.58. The van der Waals surface area contributed by atoms with Gasteiger partial charge in [0.1, 0.15) is 0 Å². The van der Waals surface area contributed by atoms with Crippen LogP contribution in [-0.2, 0) is 24.4 Å². The number of nitrogens with one attached hydrogen (secondary N) is 1. The van der Waals surface area contributed by atoms with Crippen LogP contribution >= 0.6 is 0 Å². The molecule has 2 rings (SSSR count). The fourth-order valence-corrected chi connectivity index (χ4v) is 2.58. The van der Waals surface area contributed by atoms with Crippen molar-refractivity contribution in [2.45, 2.75) is 26.4 Å². The molecule has 0 spiro atoms. The minimum atomic E-state index is -4.56. The summed E-state index contributed by atoms with van der Waals surface area (Å²) in [6.07, 6.45) is -4.59. The zero-order valence-corrected chi connectivity index (χ0v) is 14.8. The Labute approximate surface area is 144 Å². The molecule has 1 N–H and O–H groups in total. The lowest BCUT2D eigenvalue weighted by Crippen LogP contribution is -2.19. The van der Waals surface area contributed by atoms with Crippen molar-refractivity contribution in [1.82, 2.24) is 9.78 Å². The van der Waals surface area contributed by atoms with Gasteiger partial charge in [0.15, 0.2) is 0 Å². The van der Waals surface area contributed by atoms with Gasteiger partial charge in [-0.05, 0) is 32.0 Å². The largest absolute Gasteiger partial charge is 0.418 e. The fraction of sp³-hybridized carbons (Fsp3) is 0.412. The minimum Gasteiger partial charge on any atom is -0.378 e. The lowest BCUT2D eigenvalue weighted by Gasteiger charge is -2.18. The van der Waals surface area contributed by atoms with Crippen molar-refractivity contribution in [3.8, 4) is 0 Å². The van der Waals surface area contributed by atoms with Gasteiger partial charge in [-0.1, -0.05) is 0 Å². The monoisotopic (exact) mass is 354 g/mol. The molecule has 0 unspecified atom stereocenters. The predicted molar refractivity (Wildman–Crippen MR) is 90.8 cm³/mol. The van der Waals surface area contributed by atoms with E-state index in [1.165, 1.54) is 12.1 Å². The number of hydrogen-bond donors (Lipinski definition) is 1. The third-order valence-corrected chi connectivity index (χ3v) is 4.10. The van der Waals surface area contributed by atoms with Crippen molar-refractivity contribution in [1.29, 1.82) is 0 Å². The van der Waals surface area contributed by atoms with E-state index in [9.17, 15) is 18.0 Å². The Bertz CT molecular complexity index is 794. The van der Waals surface area contributed by atoms with Crippen LogP contribution in [0.25, 0.3) is 0 Å². The average molecular weight is 354 g/mol. The Morgan fingerprint density at radius 1 is 1.28 bits per heavy atom. The highest BCUT2D eigenvalue weighted by molar-refractivity contribution is 5.93. The predicted octanol–water partition coefficient (Wildman–Crippen LogP) is 3.30. The summed E-state index contributed by atoms with van der Waals surface area (Å²) >= 11 is 0. The van der Waals surface area contributed by atoms with Crippen LogP contribution in [0, 0.1) is 13.8 Å². The molecule has 1 aromatic heterocycles. The molecular formula is C17H21F3N4O. The summed E-state index contributed by atoms with van der Waals surface area (Å²) in [7, 11) is 5.06. The number of aryl methyl sites for hydroxylation is 2. The maximum Gasteiger partial charge on any atom is 0.418 e. The van der Waals surface area contributed by atoms with Crippen LogP contribution in [0.5, 0.6) is 0 Å². The summed E-state index contributed by atoms with van der Waals surface area (Å²) in [6.45, 7) is 3.58. The van der Waals surface area contributed by atoms with Crippen molar-refractivity contribution < 1.29 is 18.0 Å². The molecule has 1 aromatic carbocycles. The minimum absolute atomic E-state index is 0.0295. The Morgan fingerprint density at radius 2 is 1.92 bits per heavy atom. The lowest BCUT2D eigenvalue weighted by atomic mass is 10.1. The third kappa shape index (κ3) is 4.12. The van der Waals surface area contributed by atoms with Crippen LogP contribution < -0.4 is 10.2 Å². The van der Waals surface area contributed by atoms with Gasteiger partial charge in [0, 0.05) is 38.1 Å². The molecule has 0 bridgehead atoms. The SMILES string of the molecule is Cc1nn(C)c(C)c1CC(=O)Nc1ccc(N(C)C)cc1C(F)(F)F. The first kappa shape index (κ1) is 18.8. The molecule has 8 heteroatoms. The van der Waals surface area contributed by atoms with Crippen LogP contribution in [0.4, 0.5) is 24.5 Å². The third-order valence-electron chi connectivity index (χ3n) is 4.10. The van der Waals surface area contributed by atoms with E-state index >= 15 is 0 Å². The van der Waals surface area contributed by atoms with Crippen molar-refractivity contribution in [3.63, 3.8) is 0 Å². The van der Waals surface area contributed by atoms with Crippen molar-refractivity contribution in [2.75, 3.05) is 24.3 Å². The maximum atomic E-state index is 13.3. The Balaban J connectivity index is 2.28. The van der Waals surface area contributed by atoms with Gasteiger partial charge in [0.2, 0.25) is 5.91 Å². The summed E-state index contributed by atoms with van der Waals surface area (Å²) in [5, 5.41) is 6.59. The zero-order valence-electron chi connectivity index (χ0n) is 14.8. The van der Waals surface area contributed by atoms with Crippen LogP contribution in [0.3, 0.4) is 0 Å². The molecule has 136 valence electrons. The standard InChI is InChI=1S/C17H21F3N4O/c1-10-13(11(2)24(5)22-10)9-16(25)21-15-7-6-12(23(3)4)8-14(15)17(18,19)20/h6-8H,9H2,1-5H3,(H,21,25). The van der Waals surface area contributed by atoms with Crippen LogP contribution in [0.2, 0.25) is 0 Å². The quantitative estimate of drug-likeness (QED) is 0.917. The normalized spacial score (nSPS) is 11.5. The number of carbonyl (C=O) groups is 1. The number of aromatic nitrogens is 2. The molecule has 2 aromatic rings.